The SMILES string of the molecule is O=C1Nc2ccc(Br)cc2C(c2ccccc2)=N[C@@H]1O. The number of rotatable bonds is 1. The lowest BCUT2D eigenvalue weighted by Crippen LogP contribution is -2.24. The van der Waals surface area contributed by atoms with E-state index in [1.807, 2.05) is 42.5 Å². The Kier molecular flexibility index (Phi) is 3.38. The molecule has 1 aliphatic heterocycles. The summed E-state index contributed by atoms with van der Waals surface area (Å²) in [7, 11) is 0. The van der Waals surface area contributed by atoms with Crippen LogP contribution in [0.1, 0.15) is 11.1 Å². The smallest absolute Gasteiger partial charge is 0.276 e. The van der Waals surface area contributed by atoms with E-state index in [1.54, 1.807) is 6.07 Å². The molecule has 0 unspecified atom stereocenters. The number of benzodiazepines with no additional fused rings is 1. The highest BCUT2D eigenvalue weighted by atomic mass is 79.9. The van der Waals surface area contributed by atoms with Gasteiger partial charge in [0, 0.05) is 15.6 Å². The number of nitrogens with zero attached hydrogens (tertiary/aromatic N) is 1. The highest BCUT2D eigenvalue weighted by molar-refractivity contribution is 9.10. The minimum atomic E-state index is -1.41. The minimum Gasteiger partial charge on any atom is -0.364 e. The Morgan fingerprint density at radius 2 is 1.90 bits per heavy atom. The first-order valence-corrected chi connectivity index (χ1v) is 6.86. The largest absolute Gasteiger partial charge is 0.364 e. The first kappa shape index (κ1) is 13.0. The van der Waals surface area contributed by atoms with Crippen molar-refractivity contribution in [2.75, 3.05) is 5.32 Å². The van der Waals surface area contributed by atoms with Crippen molar-refractivity contribution in [1.29, 1.82) is 0 Å². The molecule has 20 heavy (non-hydrogen) atoms. The van der Waals surface area contributed by atoms with Crippen molar-refractivity contribution in [3.05, 3.63) is 64.1 Å². The van der Waals surface area contributed by atoms with Gasteiger partial charge >= 0.3 is 0 Å². The second kappa shape index (κ2) is 5.19. The van der Waals surface area contributed by atoms with Gasteiger partial charge in [-0.3, -0.25) is 4.79 Å². The highest BCUT2D eigenvalue weighted by Gasteiger charge is 2.23. The summed E-state index contributed by atoms with van der Waals surface area (Å²) in [6, 6.07) is 15.0. The summed E-state index contributed by atoms with van der Waals surface area (Å²) in [5, 5.41) is 12.5. The molecule has 0 aromatic heterocycles. The Bertz CT molecular complexity index is 698. The number of fused-ring (bicyclic) bond motifs is 1. The number of nitrogens with one attached hydrogen (secondary N) is 1. The molecular weight excluding hydrogens is 320 g/mol. The molecular formula is C15H11BrN2O2. The summed E-state index contributed by atoms with van der Waals surface area (Å²) in [5.74, 6) is -0.528. The topological polar surface area (TPSA) is 61.7 Å². The van der Waals surface area contributed by atoms with Crippen LogP contribution in [0, 0.1) is 0 Å². The molecule has 2 N–H and O–H groups in total. The predicted molar refractivity (Wildman–Crippen MR) is 80.9 cm³/mol. The van der Waals surface area contributed by atoms with Gasteiger partial charge in [-0.2, -0.15) is 0 Å². The maximum atomic E-state index is 11.8. The van der Waals surface area contributed by atoms with Gasteiger partial charge in [-0.1, -0.05) is 46.3 Å². The zero-order valence-electron chi connectivity index (χ0n) is 10.4. The molecule has 0 fully saturated rings. The minimum absolute atomic E-state index is 0.528. The monoisotopic (exact) mass is 330 g/mol. The number of hydrogen-bond donors (Lipinski definition) is 2. The van der Waals surface area contributed by atoms with Crippen LogP contribution in [-0.4, -0.2) is 23.0 Å². The Labute approximate surface area is 124 Å². The fourth-order valence-electron chi connectivity index (χ4n) is 2.10. The van der Waals surface area contributed by atoms with Crippen LogP contribution >= 0.6 is 15.9 Å². The number of aliphatic imine (C=N–C) groups is 1. The van der Waals surface area contributed by atoms with Crippen molar-refractivity contribution in [1.82, 2.24) is 0 Å². The standard InChI is InChI=1S/C15H11BrN2O2/c16-10-6-7-12-11(8-10)13(9-4-2-1-3-5-9)18-15(20)14(19)17-12/h1-8,15,20H,(H,17,19)/t15-/m1/s1. The third-order valence-electron chi connectivity index (χ3n) is 3.03. The van der Waals surface area contributed by atoms with Gasteiger partial charge < -0.3 is 10.4 Å². The van der Waals surface area contributed by atoms with Gasteiger partial charge in [-0.05, 0) is 18.2 Å². The summed E-state index contributed by atoms with van der Waals surface area (Å²) in [6.07, 6.45) is -1.41. The van der Waals surface area contributed by atoms with E-state index in [-0.39, 0.29) is 0 Å². The third kappa shape index (κ3) is 2.37. The number of hydrogen-bond acceptors (Lipinski definition) is 3. The van der Waals surface area contributed by atoms with Gasteiger partial charge in [0.2, 0.25) is 6.23 Å². The summed E-state index contributed by atoms with van der Waals surface area (Å²) in [5.41, 5.74) is 2.85. The maximum Gasteiger partial charge on any atom is 0.276 e. The van der Waals surface area contributed by atoms with E-state index in [0.717, 1.165) is 15.6 Å². The zero-order chi connectivity index (χ0) is 14.1. The molecule has 0 bridgehead atoms. The maximum absolute atomic E-state index is 11.8. The first-order valence-electron chi connectivity index (χ1n) is 6.07. The van der Waals surface area contributed by atoms with Crippen LogP contribution in [-0.2, 0) is 4.79 Å². The van der Waals surface area contributed by atoms with Crippen molar-refractivity contribution in [2.24, 2.45) is 4.99 Å². The van der Waals surface area contributed by atoms with Gasteiger partial charge in [-0.25, -0.2) is 4.99 Å². The molecule has 1 heterocycles. The molecule has 4 nitrogen and oxygen atoms in total. The lowest BCUT2D eigenvalue weighted by Gasteiger charge is -2.10. The lowest BCUT2D eigenvalue weighted by atomic mass is 10.0. The van der Waals surface area contributed by atoms with Gasteiger partial charge in [0.25, 0.3) is 5.91 Å². The summed E-state index contributed by atoms with van der Waals surface area (Å²) in [4.78, 5) is 15.9. The molecule has 2 aromatic carbocycles. The third-order valence-corrected chi connectivity index (χ3v) is 3.52. The van der Waals surface area contributed by atoms with E-state index in [2.05, 4.69) is 26.2 Å². The van der Waals surface area contributed by atoms with Crippen LogP contribution in [0.3, 0.4) is 0 Å². The van der Waals surface area contributed by atoms with Crippen LogP contribution < -0.4 is 5.32 Å². The van der Waals surface area contributed by atoms with Crippen LogP contribution in [0.5, 0.6) is 0 Å². The number of halogens is 1. The fraction of sp³-hybridized carbons (Fsp3) is 0.0667. The Hall–Kier alpha value is -1.98. The molecule has 0 spiro atoms. The van der Waals surface area contributed by atoms with E-state index < -0.39 is 12.1 Å². The molecule has 1 amide bonds. The summed E-state index contributed by atoms with van der Waals surface area (Å²) in [6.45, 7) is 0. The summed E-state index contributed by atoms with van der Waals surface area (Å²) >= 11 is 3.42. The normalized spacial score (nSPS) is 17.8. The Morgan fingerprint density at radius 3 is 2.65 bits per heavy atom. The van der Waals surface area contributed by atoms with E-state index in [0.29, 0.717) is 11.4 Å². The Balaban J connectivity index is 2.23. The molecule has 0 saturated carbocycles. The number of carbonyl (C=O) groups is 1. The van der Waals surface area contributed by atoms with E-state index in [9.17, 15) is 9.90 Å². The quantitative estimate of drug-likeness (QED) is 0.844. The van der Waals surface area contributed by atoms with E-state index in [1.165, 1.54) is 0 Å². The van der Waals surface area contributed by atoms with Gasteiger partial charge in [0.15, 0.2) is 0 Å². The van der Waals surface area contributed by atoms with Crippen molar-refractivity contribution in [3.63, 3.8) is 0 Å². The van der Waals surface area contributed by atoms with E-state index in [4.69, 9.17) is 0 Å². The summed E-state index contributed by atoms with van der Waals surface area (Å²) < 4.78 is 0.880. The molecule has 5 heteroatoms. The van der Waals surface area contributed by atoms with Crippen LogP contribution in [0.2, 0.25) is 0 Å². The van der Waals surface area contributed by atoms with Crippen LogP contribution in [0.4, 0.5) is 5.69 Å². The fourth-order valence-corrected chi connectivity index (χ4v) is 2.46. The van der Waals surface area contributed by atoms with Crippen LogP contribution in [0.15, 0.2) is 58.0 Å². The average Bonchev–Trinajstić information content (AvgIpc) is 2.58. The molecule has 2 aromatic rings. The van der Waals surface area contributed by atoms with Gasteiger partial charge in [-0.15, -0.1) is 0 Å². The molecule has 1 aliphatic rings. The molecule has 0 radical (unpaired) electrons. The number of anilines is 1. The zero-order valence-corrected chi connectivity index (χ0v) is 12.0. The predicted octanol–water partition coefficient (Wildman–Crippen LogP) is 2.56. The van der Waals surface area contributed by atoms with Crippen molar-refractivity contribution in [2.45, 2.75) is 6.23 Å². The van der Waals surface area contributed by atoms with Crippen LogP contribution in [0.25, 0.3) is 0 Å². The van der Waals surface area contributed by atoms with Crippen molar-refractivity contribution in [3.8, 4) is 0 Å². The molecule has 100 valence electrons. The van der Waals surface area contributed by atoms with Gasteiger partial charge in [0.05, 0.1) is 11.4 Å². The van der Waals surface area contributed by atoms with E-state index >= 15 is 0 Å². The number of carbonyl (C=O) groups excluding carboxylic acids is 1. The molecule has 3 rings (SSSR count). The number of aliphatic hydroxyl groups is 1. The lowest BCUT2D eigenvalue weighted by molar-refractivity contribution is -0.123. The highest BCUT2D eigenvalue weighted by Crippen LogP contribution is 2.27. The van der Waals surface area contributed by atoms with Crippen molar-refractivity contribution >= 4 is 33.2 Å². The molecule has 0 aliphatic carbocycles. The number of aliphatic hydroxyl groups excluding tert-OH is 1. The number of amides is 1. The second-order valence-electron chi connectivity index (χ2n) is 4.40. The molecule has 1 atom stereocenters. The average molecular weight is 331 g/mol. The molecule has 0 saturated heterocycles. The van der Waals surface area contributed by atoms with Crippen molar-refractivity contribution < 1.29 is 9.90 Å². The Morgan fingerprint density at radius 1 is 1.15 bits per heavy atom. The second-order valence-corrected chi connectivity index (χ2v) is 5.31. The van der Waals surface area contributed by atoms with Gasteiger partial charge in [0.1, 0.15) is 0 Å². The number of benzene rings is 2. The first-order chi connectivity index (χ1) is 9.65.